The van der Waals surface area contributed by atoms with Crippen molar-refractivity contribution in [3.8, 4) is 5.88 Å². The summed E-state index contributed by atoms with van der Waals surface area (Å²) in [6.07, 6.45) is 3.12. The normalized spacial score (nSPS) is 11.6. The third-order valence-corrected chi connectivity index (χ3v) is 2.70. The molecule has 3 nitrogen and oxygen atoms in total. The molecule has 0 radical (unpaired) electrons. The van der Waals surface area contributed by atoms with Crippen LogP contribution in [0.5, 0.6) is 5.88 Å². The molecule has 0 spiro atoms. The van der Waals surface area contributed by atoms with Gasteiger partial charge in [-0.25, -0.2) is 4.98 Å². The number of hydrogen-bond donors (Lipinski definition) is 1. The zero-order valence-electron chi connectivity index (χ0n) is 13.0. The molecule has 0 amide bonds. The summed E-state index contributed by atoms with van der Waals surface area (Å²) in [6.45, 7) is 12.4. The standard InChI is InChI=1S/C16H28N2O/c1-6-8-14-10-13(12-17-16(3,4)5)11-15(18-14)19-9-7-2/h10-11,17H,6-9,12H2,1-5H3. The average Bonchev–Trinajstić information content (AvgIpc) is 2.33. The van der Waals surface area contributed by atoms with Gasteiger partial charge in [0.2, 0.25) is 5.88 Å². The van der Waals surface area contributed by atoms with Gasteiger partial charge in [-0.3, -0.25) is 0 Å². The highest BCUT2D eigenvalue weighted by molar-refractivity contribution is 5.25. The summed E-state index contributed by atoms with van der Waals surface area (Å²) in [7, 11) is 0. The molecule has 0 fully saturated rings. The fraction of sp³-hybridized carbons (Fsp3) is 0.688. The summed E-state index contributed by atoms with van der Waals surface area (Å²) >= 11 is 0. The topological polar surface area (TPSA) is 34.1 Å². The largest absolute Gasteiger partial charge is 0.478 e. The Balaban J connectivity index is 2.79. The van der Waals surface area contributed by atoms with Gasteiger partial charge in [-0.2, -0.15) is 0 Å². The van der Waals surface area contributed by atoms with Gasteiger partial charge in [-0.1, -0.05) is 20.3 Å². The van der Waals surface area contributed by atoms with Crippen LogP contribution in [0, 0.1) is 0 Å². The molecule has 3 heteroatoms. The minimum Gasteiger partial charge on any atom is -0.478 e. The summed E-state index contributed by atoms with van der Waals surface area (Å²) in [4.78, 5) is 4.56. The maximum atomic E-state index is 5.68. The highest BCUT2D eigenvalue weighted by Crippen LogP contribution is 2.15. The molecule has 1 rings (SSSR count). The van der Waals surface area contributed by atoms with E-state index in [2.05, 4.69) is 51.0 Å². The lowest BCUT2D eigenvalue weighted by atomic mass is 10.1. The van der Waals surface area contributed by atoms with Crippen LogP contribution in [0.3, 0.4) is 0 Å². The minimum atomic E-state index is 0.124. The number of rotatable bonds is 7. The van der Waals surface area contributed by atoms with Gasteiger partial charge in [0.15, 0.2) is 0 Å². The first-order valence-electron chi connectivity index (χ1n) is 7.32. The van der Waals surface area contributed by atoms with Crippen LogP contribution in [-0.2, 0) is 13.0 Å². The predicted molar refractivity (Wildman–Crippen MR) is 80.6 cm³/mol. The molecule has 19 heavy (non-hydrogen) atoms. The Bertz CT molecular complexity index is 383. The number of nitrogens with one attached hydrogen (secondary N) is 1. The lowest BCUT2D eigenvalue weighted by molar-refractivity contribution is 0.303. The zero-order chi connectivity index (χ0) is 14.3. The minimum absolute atomic E-state index is 0.124. The second-order valence-corrected chi connectivity index (χ2v) is 6.01. The van der Waals surface area contributed by atoms with Crippen LogP contribution in [0.1, 0.15) is 58.7 Å². The fourth-order valence-corrected chi connectivity index (χ4v) is 1.75. The van der Waals surface area contributed by atoms with Crippen molar-refractivity contribution in [1.29, 1.82) is 0 Å². The Labute approximate surface area is 117 Å². The van der Waals surface area contributed by atoms with Gasteiger partial charge in [0, 0.05) is 23.8 Å². The van der Waals surface area contributed by atoms with Crippen molar-refractivity contribution in [3.05, 3.63) is 23.4 Å². The van der Waals surface area contributed by atoms with Crippen LogP contribution in [-0.4, -0.2) is 17.1 Å². The Hall–Kier alpha value is -1.09. The molecule has 0 saturated carbocycles. The van der Waals surface area contributed by atoms with E-state index >= 15 is 0 Å². The number of nitrogens with zero attached hydrogens (tertiary/aromatic N) is 1. The van der Waals surface area contributed by atoms with Gasteiger partial charge < -0.3 is 10.1 Å². The van der Waals surface area contributed by atoms with Gasteiger partial charge in [0.05, 0.1) is 6.61 Å². The van der Waals surface area contributed by atoms with Gasteiger partial charge in [-0.05, 0) is 45.2 Å². The van der Waals surface area contributed by atoms with E-state index in [1.54, 1.807) is 0 Å². The third kappa shape index (κ3) is 6.58. The summed E-state index contributed by atoms with van der Waals surface area (Å²) in [5.74, 6) is 0.763. The molecule has 108 valence electrons. The fourth-order valence-electron chi connectivity index (χ4n) is 1.75. The van der Waals surface area contributed by atoms with E-state index in [4.69, 9.17) is 4.74 Å². The Morgan fingerprint density at radius 2 is 1.89 bits per heavy atom. The number of ether oxygens (including phenoxy) is 1. The van der Waals surface area contributed by atoms with E-state index in [1.807, 2.05) is 6.07 Å². The number of aryl methyl sites for hydroxylation is 1. The van der Waals surface area contributed by atoms with Gasteiger partial charge in [0.1, 0.15) is 0 Å². The van der Waals surface area contributed by atoms with Crippen molar-refractivity contribution < 1.29 is 4.74 Å². The quantitative estimate of drug-likeness (QED) is 0.815. The Morgan fingerprint density at radius 1 is 1.16 bits per heavy atom. The molecule has 1 N–H and O–H groups in total. The molecule has 0 saturated heterocycles. The molecule has 1 aromatic heterocycles. The van der Waals surface area contributed by atoms with E-state index in [-0.39, 0.29) is 5.54 Å². The zero-order valence-corrected chi connectivity index (χ0v) is 13.0. The Kier molecular flexibility index (Phi) is 6.29. The molecule has 0 atom stereocenters. The lowest BCUT2D eigenvalue weighted by Crippen LogP contribution is -2.35. The molecule has 0 aromatic carbocycles. The monoisotopic (exact) mass is 264 g/mol. The van der Waals surface area contributed by atoms with Gasteiger partial charge in [-0.15, -0.1) is 0 Å². The van der Waals surface area contributed by atoms with Crippen LogP contribution >= 0.6 is 0 Å². The maximum Gasteiger partial charge on any atom is 0.213 e. The van der Waals surface area contributed by atoms with Crippen molar-refractivity contribution in [1.82, 2.24) is 10.3 Å². The SMILES string of the molecule is CCCOc1cc(CNC(C)(C)C)cc(CCC)n1. The van der Waals surface area contributed by atoms with Gasteiger partial charge >= 0.3 is 0 Å². The maximum absolute atomic E-state index is 5.68. The van der Waals surface area contributed by atoms with Crippen molar-refractivity contribution in [2.45, 2.75) is 66.0 Å². The van der Waals surface area contributed by atoms with Crippen LogP contribution in [0.4, 0.5) is 0 Å². The second-order valence-electron chi connectivity index (χ2n) is 6.01. The summed E-state index contributed by atoms with van der Waals surface area (Å²) < 4.78 is 5.68. The Morgan fingerprint density at radius 3 is 2.47 bits per heavy atom. The van der Waals surface area contributed by atoms with Crippen molar-refractivity contribution >= 4 is 0 Å². The first kappa shape index (κ1) is 16.0. The molecular weight excluding hydrogens is 236 g/mol. The summed E-state index contributed by atoms with van der Waals surface area (Å²) in [6, 6.07) is 4.23. The smallest absolute Gasteiger partial charge is 0.213 e. The van der Waals surface area contributed by atoms with Crippen molar-refractivity contribution in [2.75, 3.05) is 6.61 Å². The first-order valence-corrected chi connectivity index (χ1v) is 7.32. The summed E-state index contributed by atoms with van der Waals surface area (Å²) in [5.41, 5.74) is 2.50. The van der Waals surface area contributed by atoms with E-state index in [0.29, 0.717) is 0 Å². The molecule has 1 heterocycles. The third-order valence-electron chi connectivity index (χ3n) is 2.70. The molecule has 0 aliphatic rings. The van der Waals surface area contributed by atoms with Crippen LogP contribution in [0.15, 0.2) is 12.1 Å². The average molecular weight is 264 g/mol. The molecule has 0 bridgehead atoms. The highest BCUT2D eigenvalue weighted by Gasteiger charge is 2.10. The predicted octanol–water partition coefficient (Wildman–Crippen LogP) is 3.71. The van der Waals surface area contributed by atoms with Crippen molar-refractivity contribution in [3.63, 3.8) is 0 Å². The second kappa shape index (κ2) is 7.49. The lowest BCUT2D eigenvalue weighted by Gasteiger charge is -2.21. The van der Waals surface area contributed by atoms with Crippen molar-refractivity contribution in [2.24, 2.45) is 0 Å². The highest BCUT2D eigenvalue weighted by atomic mass is 16.5. The van der Waals surface area contributed by atoms with E-state index in [9.17, 15) is 0 Å². The molecule has 0 aliphatic carbocycles. The van der Waals surface area contributed by atoms with Crippen LogP contribution < -0.4 is 10.1 Å². The van der Waals surface area contributed by atoms with E-state index in [1.165, 1.54) is 5.56 Å². The number of hydrogen-bond acceptors (Lipinski definition) is 3. The van der Waals surface area contributed by atoms with E-state index in [0.717, 1.165) is 44.0 Å². The van der Waals surface area contributed by atoms with Crippen LogP contribution in [0.2, 0.25) is 0 Å². The van der Waals surface area contributed by atoms with Gasteiger partial charge in [0.25, 0.3) is 0 Å². The van der Waals surface area contributed by atoms with Crippen LogP contribution in [0.25, 0.3) is 0 Å². The summed E-state index contributed by atoms with van der Waals surface area (Å²) in [5, 5.41) is 3.51. The molecular formula is C16H28N2O. The number of aromatic nitrogens is 1. The first-order chi connectivity index (χ1) is 8.94. The molecule has 1 aromatic rings. The molecule has 0 unspecified atom stereocenters. The number of pyridine rings is 1. The molecule has 0 aliphatic heterocycles. The van der Waals surface area contributed by atoms with E-state index < -0.39 is 0 Å².